The lowest BCUT2D eigenvalue weighted by atomic mass is 9.73. The Morgan fingerprint density at radius 1 is 1.23 bits per heavy atom. The van der Waals surface area contributed by atoms with E-state index in [0.29, 0.717) is 12.8 Å². The third-order valence-corrected chi connectivity index (χ3v) is 6.60. The number of alkyl halides is 3. The highest BCUT2D eigenvalue weighted by Gasteiger charge is 2.70. The molecule has 0 spiro atoms. The van der Waals surface area contributed by atoms with E-state index < -0.39 is 64.8 Å². The highest BCUT2D eigenvalue weighted by Crippen LogP contribution is 2.62. The lowest BCUT2D eigenvalue weighted by molar-refractivity contribution is -0.275. The molecule has 2 aromatic rings. The summed E-state index contributed by atoms with van der Waals surface area (Å²) in [7, 11) is 1.06. The van der Waals surface area contributed by atoms with Crippen LogP contribution in [-0.4, -0.2) is 41.8 Å². The Kier molecular flexibility index (Phi) is 6.20. The zero-order valence-electron chi connectivity index (χ0n) is 18.7. The molecule has 3 N–H and O–H groups in total. The third-order valence-electron chi connectivity index (χ3n) is 6.60. The van der Waals surface area contributed by atoms with Crippen molar-refractivity contribution in [3.8, 4) is 5.75 Å². The van der Waals surface area contributed by atoms with Gasteiger partial charge in [-0.1, -0.05) is 6.07 Å². The molecule has 2 amide bonds. The molecule has 1 unspecified atom stereocenters. The molecule has 2 fully saturated rings. The van der Waals surface area contributed by atoms with E-state index in [4.69, 9.17) is 15.2 Å². The zero-order valence-corrected chi connectivity index (χ0v) is 18.7. The number of hydrogen-bond acceptors (Lipinski definition) is 5. The molecule has 12 heteroatoms. The van der Waals surface area contributed by atoms with Gasteiger partial charge in [0.1, 0.15) is 11.8 Å². The van der Waals surface area contributed by atoms with Gasteiger partial charge in [-0.25, -0.2) is 4.39 Å². The number of pyridine rings is 1. The van der Waals surface area contributed by atoms with Crippen LogP contribution in [0.3, 0.4) is 0 Å². The predicted molar refractivity (Wildman–Crippen MR) is 113 cm³/mol. The number of amides is 2. The number of ether oxygens (including phenoxy) is 2. The Labute approximate surface area is 196 Å². The molecule has 1 aromatic heterocycles. The molecule has 7 nitrogen and oxygen atoms in total. The number of methoxy groups -OCH3 is 1. The Bertz CT molecular complexity index is 1170. The summed E-state index contributed by atoms with van der Waals surface area (Å²) in [6.45, 7) is 0.861. The highest BCUT2D eigenvalue weighted by molar-refractivity contribution is 5.97. The molecular weight excluding hydrogens is 477 g/mol. The fourth-order valence-corrected chi connectivity index (χ4v) is 4.85. The van der Waals surface area contributed by atoms with E-state index in [0.717, 1.165) is 32.2 Å². The number of primary amides is 1. The maximum atomic E-state index is 14.6. The number of carbonyl (C=O) groups excluding carboxylic acids is 2. The number of rotatable bonds is 6. The van der Waals surface area contributed by atoms with Gasteiger partial charge in [-0.15, -0.1) is 0 Å². The summed E-state index contributed by atoms with van der Waals surface area (Å²) in [6.07, 6.45) is -4.49. The van der Waals surface area contributed by atoms with Crippen molar-refractivity contribution in [1.29, 1.82) is 0 Å². The van der Waals surface area contributed by atoms with Crippen molar-refractivity contribution < 1.29 is 41.0 Å². The van der Waals surface area contributed by atoms with E-state index in [1.807, 2.05) is 0 Å². The van der Waals surface area contributed by atoms with Crippen LogP contribution in [0, 0.1) is 23.5 Å². The van der Waals surface area contributed by atoms with Gasteiger partial charge in [0.05, 0.1) is 7.11 Å². The van der Waals surface area contributed by atoms with Crippen LogP contribution in [0.4, 0.5) is 27.6 Å². The standard InChI is InChI=1S/C23H22F5N3O4/c1-22(23(26,27)28)16(10-3-4-10)15(12-5-6-13(24)17(25)18(12)34-2)19(35-22)21(33)31-11-7-8-30-14(9-11)20(29)32/h5-10,15-16,19H,3-4H2,1-2H3,(H2,29,32)(H,30,31,33)/t15-,16?,19-,22-/m0/s1. The summed E-state index contributed by atoms with van der Waals surface area (Å²) in [5, 5.41) is 2.42. The lowest BCUT2D eigenvalue weighted by Crippen LogP contribution is -2.49. The van der Waals surface area contributed by atoms with Crippen molar-refractivity contribution in [2.24, 2.45) is 17.6 Å². The molecule has 2 heterocycles. The molecule has 1 saturated heterocycles. The van der Waals surface area contributed by atoms with Crippen LogP contribution in [0.15, 0.2) is 30.5 Å². The van der Waals surface area contributed by atoms with E-state index in [9.17, 15) is 31.5 Å². The number of nitrogens with zero attached hydrogens (tertiary/aromatic N) is 1. The molecule has 4 atom stereocenters. The number of benzene rings is 1. The second kappa shape index (κ2) is 8.74. The van der Waals surface area contributed by atoms with Crippen LogP contribution in [0.25, 0.3) is 0 Å². The smallest absolute Gasteiger partial charge is 0.417 e. The maximum absolute atomic E-state index is 14.6. The topological polar surface area (TPSA) is 104 Å². The van der Waals surface area contributed by atoms with E-state index >= 15 is 0 Å². The number of nitrogens with one attached hydrogen (secondary N) is 1. The van der Waals surface area contributed by atoms with Crippen molar-refractivity contribution in [1.82, 2.24) is 4.98 Å². The van der Waals surface area contributed by atoms with Crippen LogP contribution < -0.4 is 15.8 Å². The van der Waals surface area contributed by atoms with E-state index in [1.54, 1.807) is 0 Å². The SMILES string of the molecule is COc1c([C@H]2C(C3CC3)[C@@](C)(C(F)(F)F)O[C@@H]2C(=O)Nc2ccnc(C(N)=O)c2)ccc(F)c1F. The summed E-state index contributed by atoms with van der Waals surface area (Å²) in [5.74, 6) is -8.09. The second-order valence-electron chi connectivity index (χ2n) is 8.80. The number of anilines is 1. The van der Waals surface area contributed by atoms with Crippen molar-refractivity contribution in [2.45, 2.75) is 43.6 Å². The minimum absolute atomic E-state index is 0.0435. The highest BCUT2D eigenvalue weighted by atomic mass is 19.4. The summed E-state index contributed by atoms with van der Waals surface area (Å²) < 4.78 is 81.9. The number of carbonyl (C=O) groups is 2. The Morgan fingerprint density at radius 2 is 1.91 bits per heavy atom. The second-order valence-corrected chi connectivity index (χ2v) is 8.80. The number of aromatic nitrogens is 1. The summed E-state index contributed by atoms with van der Waals surface area (Å²) in [5.41, 5.74) is 2.21. The third kappa shape index (κ3) is 4.30. The fraction of sp³-hybridized carbons (Fsp3) is 0.435. The van der Waals surface area contributed by atoms with Crippen LogP contribution in [0.5, 0.6) is 5.75 Å². The molecule has 35 heavy (non-hydrogen) atoms. The number of halogens is 5. The first-order valence-corrected chi connectivity index (χ1v) is 10.7. The first-order chi connectivity index (χ1) is 16.4. The first kappa shape index (κ1) is 24.8. The normalized spacial score (nSPS) is 26.4. The van der Waals surface area contributed by atoms with Gasteiger partial charge in [0.25, 0.3) is 11.8 Å². The van der Waals surface area contributed by atoms with Crippen LogP contribution in [-0.2, 0) is 9.53 Å². The minimum atomic E-state index is -4.87. The van der Waals surface area contributed by atoms with Crippen LogP contribution in [0.2, 0.25) is 0 Å². The Morgan fingerprint density at radius 3 is 2.49 bits per heavy atom. The molecule has 4 rings (SSSR count). The minimum Gasteiger partial charge on any atom is -0.493 e. The predicted octanol–water partition coefficient (Wildman–Crippen LogP) is 3.94. The van der Waals surface area contributed by atoms with Crippen molar-refractivity contribution >= 4 is 17.5 Å². The van der Waals surface area contributed by atoms with E-state index in [1.165, 1.54) is 12.3 Å². The van der Waals surface area contributed by atoms with Crippen molar-refractivity contribution in [2.75, 3.05) is 12.4 Å². The molecule has 1 saturated carbocycles. The number of nitrogens with two attached hydrogens (primary N) is 1. The molecule has 0 radical (unpaired) electrons. The van der Waals surface area contributed by atoms with Crippen LogP contribution >= 0.6 is 0 Å². The quantitative estimate of drug-likeness (QED) is 0.587. The summed E-state index contributed by atoms with van der Waals surface area (Å²) in [6, 6.07) is 4.36. The Balaban J connectivity index is 1.81. The Hall–Kier alpha value is -3.28. The van der Waals surface area contributed by atoms with Gasteiger partial charge in [0.15, 0.2) is 17.2 Å². The zero-order chi connectivity index (χ0) is 25.7. The summed E-state index contributed by atoms with van der Waals surface area (Å²) >= 11 is 0. The average molecular weight is 499 g/mol. The molecule has 1 aliphatic carbocycles. The largest absolute Gasteiger partial charge is 0.493 e. The average Bonchev–Trinajstić information content (AvgIpc) is 3.57. The molecule has 188 valence electrons. The summed E-state index contributed by atoms with van der Waals surface area (Å²) in [4.78, 5) is 28.4. The molecular formula is C23H22F5N3O4. The van der Waals surface area contributed by atoms with Crippen LogP contribution in [0.1, 0.15) is 41.7 Å². The molecule has 0 bridgehead atoms. The van der Waals surface area contributed by atoms with Gasteiger partial charge < -0.3 is 20.5 Å². The van der Waals surface area contributed by atoms with Gasteiger partial charge in [-0.05, 0) is 43.9 Å². The van der Waals surface area contributed by atoms with Gasteiger partial charge in [-0.3, -0.25) is 14.6 Å². The van der Waals surface area contributed by atoms with Gasteiger partial charge in [0.2, 0.25) is 5.82 Å². The van der Waals surface area contributed by atoms with E-state index in [2.05, 4.69) is 10.3 Å². The van der Waals surface area contributed by atoms with Crippen molar-refractivity contribution in [3.63, 3.8) is 0 Å². The molecule has 2 aliphatic rings. The van der Waals surface area contributed by atoms with Gasteiger partial charge >= 0.3 is 6.18 Å². The first-order valence-electron chi connectivity index (χ1n) is 10.7. The van der Waals surface area contributed by atoms with Gasteiger partial charge in [0, 0.05) is 29.3 Å². The van der Waals surface area contributed by atoms with Crippen molar-refractivity contribution in [3.05, 3.63) is 53.4 Å². The maximum Gasteiger partial charge on any atom is 0.417 e. The molecule has 1 aromatic carbocycles. The molecule has 1 aliphatic heterocycles. The van der Waals surface area contributed by atoms with Gasteiger partial charge in [-0.2, -0.15) is 17.6 Å². The lowest BCUT2D eigenvalue weighted by Gasteiger charge is -2.34. The number of hydrogen-bond donors (Lipinski definition) is 2. The fourth-order valence-electron chi connectivity index (χ4n) is 4.85. The van der Waals surface area contributed by atoms with E-state index in [-0.39, 0.29) is 16.9 Å². The monoisotopic (exact) mass is 499 g/mol.